The average molecular weight is 247 g/mol. The normalized spacial score (nSPS) is 17.5. The van der Waals surface area contributed by atoms with Gasteiger partial charge in [0.05, 0.1) is 13.2 Å². The fourth-order valence-electron chi connectivity index (χ4n) is 2.05. The summed E-state index contributed by atoms with van der Waals surface area (Å²) in [5.41, 5.74) is 7.42. The third-order valence-corrected chi connectivity index (χ3v) is 3.40. The highest BCUT2D eigenvalue weighted by Crippen LogP contribution is 2.48. The fraction of sp³-hybridized carbons (Fsp3) is 0.500. The van der Waals surface area contributed by atoms with Crippen LogP contribution in [0.3, 0.4) is 0 Å². The van der Waals surface area contributed by atoms with E-state index in [4.69, 9.17) is 10.5 Å². The molecule has 0 unspecified atom stereocenters. The summed E-state index contributed by atoms with van der Waals surface area (Å²) in [5.74, 6) is 0.509. The number of methoxy groups -OCH3 is 1. The highest BCUT2D eigenvalue weighted by atomic mass is 16.5. The van der Waals surface area contributed by atoms with Gasteiger partial charge in [-0.15, -0.1) is 0 Å². The van der Waals surface area contributed by atoms with Gasteiger partial charge in [0, 0.05) is 19.1 Å². The van der Waals surface area contributed by atoms with E-state index in [9.17, 15) is 0 Å². The maximum absolute atomic E-state index is 5.81. The largest absolute Gasteiger partial charge is 0.383 e. The molecule has 0 aliphatic heterocycles. The van der Waals surface area contributed by atoms with E-state index in [0.717, 1.165) is 6.54 Å². The second-order valence-electron chi connectivity index (χ2n) is 4.77. The molecule has 1 saturated carbocycles. The number of nitrogens with two attached hydrogens (primary N) is 1. The van der Waals surface area contributed by atoms with E-state index in [1.54, 1.807) is 7.11 Å². The summed E-state index contributed by atoms with van der Waals surface area (Å²) in [6.45, 7) is 2.10. The Bertz CT molecular complexity index is 399. The number of rotatable bonds is 6. The summed E-state index contributed by atoms with van der Waals surface area (Å²) >= 11 is 0. The molecule has 0 amide bonds. The number of nitrogens with one attached hydrogen (secondary N) is 1. The first-order valence-corrected chi connectivity index (χ1v) is 6.35. The smallest absolute Gasteiger partial charge is 0.188 e. The number of hydrogen-bond acceptors (Lipinski definition) is 2. The first-order valence-electron chi connectivity index (χ1n) is 6.35. The van der Waals surface area contributed by atoms with E-state index in [0.29, 0.717) is 19.1 Å². The van der Waals surface area contributed by atoms with E-state index in [2.05, 4.69) is 34.6 Å². The Labute approximate surface area is 108 Å². The van der Waals surface area contributed by atoms with Crippen molar-refractivity contribution < 1.29 is 4.74 Å². The summed E-state index contributed by atoms with van der Waals surface area (Å²) in [7, 11) is 1.67. The van der Waals surface area contributed by atoms with Crippen molar-refractivity contribution in [2.45, 2.75) is 18.3 Å². The molecule has 0 spiro atoms. The molecule has 1 aromatic rings. The number of ether oxygens (including phenoxy) is 1. The minimum atomic E-state index is 0.231. The Morgan fingerprint density at radius 1 is 1.39 bits per heavy atom. The van der Waals surface area contributed by atoms with Gasteiger partial charge in [-0.05, 0) is 18.4 Å². The van der Waals surface area contributed by atoms with Gasteiger partial charge in [0.1, 0.15) is 0 Å². The second kappa shape index (κ2) is 5.87. The van der Waals surface area contributed by atoms with Crippen molar-refractivity contribution in [3.63, 3.8) is 0 Å². The highest BCUT2D eigenvalue weighted by molar-refractivity contribution is 5.77. The van der Waals surface area contributed by atoms with Crippen LogP contribution in [0.4, 0.5) is 0 Å². The number of guanidine groups is 1. The van der Waals surface area contributed by atoms with E-state index in [1.165, 1.54) is 18.4 Å². The topological polar surface area (TPSA) is 59.6 Å². The van der Waals surface area contributed by atoms with Crippen LogP contribution in [0.25, 0.3) is 0 Å². The fourth-order valence-corrected chi connectivity index (χ4v) is 2.05. The lowest BCUT2D eigenvalue weighted by Gasteiger charge is -2.13. The minimum absolute atomic E-state index is 0.231. The van der Waals surface area contributed by atoms with Gasteiger partial charge in [-0.25, -0.2) is 0 Å². The zero-order chi connectivity index (χ0) is 12.8. The Morgan fingerprint density at radius 3 is 2.72 bits per heavy atom. The predicted molar refractivity (Wildman–Crippen MR) is 73.7 cm³/mol. The molecular formula is C14H21N3O. The Morgan fingerprint density at radius 2 is 2.11 bits per heavy atom. The van der Waals surface area contributed by atoms with Gasteiger partial charge in [-0.3, -0.25) is 4.99 Å². The molecule has 0 saturated heterocycles. The molecule has 0 bridgehead atoms. The van der Waals surface area contributed by atoms with Crippen LogP contribution in [-0.2, 0) is 10.2 Å². The second-order valence-corrected chi connectivity index (χ2v) is 4.77. The SMILES string of the molecule is COCCNC(N)=NCC1(c2ccccc2)CC1. The Balaban J connectivity index is 1.88. The zero-order valence-electron chi connectivity index (χ0n) is 10.9. The molecule has 1 aliphatic carbocycles. The number of benzene rings is 1. The predicted octanol–water partition coefficient (Wildman–Crippen LogP) is 1.27. The van der Waals surface area contributed by atoms with Gasteiger partial charge in [0.2, 0.25) is 0 Å². The number of aliphatic imine (C=N–C) groups is 1. The lowest BCUT2D eigenvalue weighted by Crippen LogP contribution is -2.34. The molecule has 3 N–H and O–H groups in total. The Hall–Kier alpha value is -1.55. The summed E-state index contributed by atoms with van der Waals surface area (Å²) < 4.78 is 4.95. The van der Waals surface area contributed by atoms with Gasteiger partial charge in [-0.1, -0.05) is 30.3 Å². The third kappa shape index (κ3) is 3.23. The monoisotopic (exact) mass is 247 g/mol. The maximum Gasteiger partial charge on any atom is 0.188 e. The van der Waals surface area contributed by atoms with Crippen molar-refractivity contribution in [2.75, 3.05) is 26.8 Å². The summed E-state index contributed by atoms with van der Waals surface area (Å²) in [6, 6.07) is 10.6. The molecule has 0 radical (unpaired) electrons. The molecule has 18 heavy (non-hydrogen) atoms. The van der Waals surface area contributed by atoms with Crippen LogP contribution < -0.4 is 11.1 Å². The third-order valence-electron chi connectivity index (χ3n) is 3.40. The van der Waals surface area contributed by atoms with Crippen LogP contribution >= 0.6 is 0 Å². The molecule has 1 aromatic carbocycles. The van der Waals surface area contributed by atoms with Gasteiger partial charge >= 0.3 is 0 Å². The number of hydrogen-bond donors (Lipinski definition) is 2. The van der Waals surface area contributed by atoms with Crippen molar-refractivity contribution in [1.82, 2.24) is 5.32 Å². The van der Waals surface area contributed by atoms with E-state index in [-0.39, 0.29) is 5.41 Å². The molecule has 4 heteroatoms. The van der Waals surface area contributed by atoms with Crippen LogP contribution in [0.5, 0.6) is 0 Å². The summed E-state index contributed by atoms with van der Waals surface area (Å²) in [4.78, 5) is 4.43. The van der Waals surface area contributed by atoms with Crippen molar-refractivity contribution in [1.29, 1.82) is 0 Å². The van der Waals surface area contributed by atoms with Gasteiger partial charge in [0.15, 0.2) is 5.96 Å². The molecule has 0 aromatic heterocycles. The van der Waals surface area contributed by atoms with Crippen molar-refractivity contribution >= 4 is 5.96 Å². The van der Waals surface area contributed by atoms with Gasteiger partial charge in [0.25, 0.3) is 0 Å². The van der Waals surface area contributed by atoms with Crippen molar-refractivity contribution in [3.05, 3.63) is 35.9 Å². The van der Waals surface area contributed by atoms with Gasteiger partial charge < -0.3 is 15.8 Å². The summed E-state index contributed by atoms with van der Waals surface area (Å²) in [6.07, 6.45) is 2.40. The number of nitrogens with zero attached hydrogens (tertiary/aromatic N) is 1. The first-order chi connectivity index (χ1) is 8.77. The van der Waals surface area contributed by atoms with E-state index < -0.39 is 0 Å². The van der Waals surface area contributed by atoms with Crippen molar-refractivity contribution in [2.24, 2.45) is 10.7 Å². The minimum Gasteiger partial charge on any atom is -0.383 e. The van der Waals surface area contributed by atoms with Gasteiger partial charge in [-0.2, -0.15) is 0 Å². The molecule has 0 heterocycles. The van der Waals surface area contributed by atoms with E-state index in [1.807, 2.05) is 6.07 Å². The van der Waals surface area contributed by atoms with E-state index >= 15 is 0 Å². The lowest BCUT2D eigenvalue weighted by atomic mass is 9.96. The lowest BCUT2D eigenvalue weighted by molar-refractivity contribution is 0.204. The van der Waals surface area contributed by atoms with Crippen LogP contribution in [0.1, 0.15) is 18.4 Å². The molecule has 4 nitrogen and oxygen atoms in total. The zero-order valence-corrected chi connectivity index (χ0v) is 10.9. The molecular weight excluding hydrogens is 226 g/mol. The first kappa shape index (κ1) is 12.9. The van der Waals surface area contributed by atoms with Crippen LogP contribution in [0, 0.1) is 0 Å². The van der Waals surface area contributed by atoms with Crippen LogP contribution in [0.2, 0.25) is 0 Å². The Kier molecular flexibility index (Phi) is 4.20. The van der Waals surface area contributed by atoms with Crippen LogP contribution in [0.15, 0.2) is 35.3 Å². The van der Waals surface area contributed by atoms with Crippen molar-refractivity contribution in [3.8, 4) is 0 Å². The van der Waals surface area contributed by atoms with Crippen LogP contribution in [-0.4, -0.2) is 32.8 Å². The maximum atomic E-state index is 5.81. The molecule has 1 aliphatic rings. The summed E-state index contributed by atoms with van der Waals surface area (Å²) in [5, 5.41) is 3.04. The highest BCUT2D eigenvalue weighted by Gasteiger charge is 2.43. The average Bonchev–Trinajstić information content (AvgIpc) is 3.19. The molecule has 1 fully saturated rings. The standard InChI is InChI=1S/C14H21N3O/c1-18-10-9-16-13(15)17-11-14(7-8-14)12-5-3-2-4-6-12/h2-6H,7-11H2,1H3,(H3,15,16,17). The molecule has 2 rings (SSSR count). The molecule has 98 valence electrons. The quantitative estimate of drug-likeness (QED) is 0.452. The molecule has 0 atom stereocenters.